The SMILES string of the molecule is CC1(C)c2cccc3c2-c2c1cccc2C3(c1ccccc1)c1cccc(-c2ccc(N(c3ccc(-c4ccccc4)cc3)c3ccc(-c4ccccc4)cc3)cc2)c1. The number of nitrogens with zero attached hydrogens (tertiary/aromatic N) is 1. The van der Waals surface area contributed by atoms with Crippen LogP contribution in [-0.4, -0.2) is 0 Å². The quantitative estimate of drug-likeness (QED) is 0.149. The lowest BCUT2D eigenvalue weighted by Crippen LogP contribution is -2.30. The van der Waals surface area contributed by atoms with E-state index < -0.39 is 5.41 Å². The Morgan fingerprint density at radius 2 is 0.627 bits per heavy atom. The lowest BCUT2D eigenvalue weighted by molar-refractivity contribution is 0.652. The number of rotatable bonds is 8. The van der Waals surface area contributed by atoms with Gasteiger partial charge < -0.3 is 4.90 Å². The standard InChI is InChI=1S/C58H43N/c1-57(2)51-23-13-25-53-55(51)56-52(57)24-14-26-54(56)58(53,46-20-10-5-11-21-46)47-22-12-19-45(39-47)44-31-37-50(38-32-44)59(48-33-27-42(28-34-48)40-15-6-3-7-16-40)49-35-29-43(30-36-49)41-17-8-4-9-18-41/h3-39H,1-2H3. The molecule has 9 aromatic carbocycles. The molecule has 0 aliphatic heterocycles. The van der Waals surface area contributed by atoms with E-state index in [0.717, 1.165) is 17.1 Å². The first-order valence-corrected chi connectivity index (χ1v) is 20.7. The van der Waals surface area contributed by atoms with Crippen LogP contribution in [0.4, 0.5) is 17.1 Å². The zero-order valence-electron chi connectivity index (χ0n) is 33.3. The van der Waals surface area contributed by atoms with Crippen LogP contribution >= 0.6 is 0 Å². The van der Waals surface area contributed by atoms with Gasteiger partial charge in [-0.3, -0.25) is 0 Å². The van der Waals surface area contributed by atoms with Crippen LogP contribution in [0.1, 0.15) is 47.2 Å². The lowest BCUT2D eigenvalue weighted by Gasteiger charge is -2.36. The Kier molecular flexibility index (Phi) is 8.13. The molecule has 0 saturated carbocycles. The van der Waals surface area contributed by atoms with Crippen LogP contribution in [0.3, 0.4) is 0 Å². The maximum absolute atomic E-state index is 2.44. The predicted molar refractivity (Wildman–Crippen MR) is 247 cm³/mol. The van der Waals surface area contributed by atoms with Gasteiger partial charge in [0.15, 0.2) is 0 Å². The highest BCUT2D eigenvalue weighted by atomic mass is 15.1. The van der Waals surface area contributed by atoms with Crippen molar-refractivity contribution in [2.24, 2.45) is 0 Å². The van der Waals surface area contributed by atoms with Gasteiger partial charge in [0, 0.05) is 22.5 Å². The van der Waals surface area contributed by atoms with E-state index in [2.05, 4.69) is 243 Å². The molecule has 1 nitrogen and oxygen atoms in total. The average Bonchev–Trinajstić information content (AvgIpc) is 3.75. The molecule has 2 aliphatic carbocycles. The van der Waals surface area contributed by atoms with Gasteiger partial charge in [0.1, 0.15) is 0 Å². The van der Waals surface area contributed by atoms with E-state index in [1.165, 1.54) is 77.9 Å². The molecule has 11 rings (SSSR count). The zero-order valence-corrected chi connectivity index (χ0v) is 33.3. The first-order chi connectivity index (χ1) is 29.0. The van der Waals surface area contributed by atoms with Crippen molar-refractivity contribution in [2.45, 2.75) is 24.7 Å². The monoisotopic (exact) mass is 753 g/mol. The smallest absolute Gasteiger partial charge is 0.0713 e. The van der Waals surface area contributed by atoms with Crippen LogP contribution < -0.4 is 4.90 Å². The summed E-state index contributed by atoms with van der Waals surface area (Å²) < 4.78 is 0. The molecule has 0 bridgehead atoms. The van der Waals surface area contributed by atoms with Gasteiger partial charge in [-0.25, -0.2) is 0 Å². The van der Waals surface area contributed by atoms with E-state index in [1.807, 2.05) is 0 Å². The molecule has 0 radical (unpaired) electrons. The Morgan fingerprint density at radius 1 is 0.288 bits per heavy atom. The van der Waals surface area contributed by atoms with Gasteiger partial charge in [-0.15, -0.1) is 0 Å². The summed E-state index contributed by atoms with van der Waals surface area (Å²) in [6, 6.07) is 82.6. The maximum atomic E-state index is 2.44. The Morgan fingerprint density at radius 3 is 1.08 bits per heavy atom. The summed E-state index contributed by atoms with van der Waals surface area (Å²) in [7, 11) is 0. The van der Waals surface area contributed by atoms with Crippen LogP contribution in [0.2, 0.25) is 0 Å². The third-order valence-electron chi connectivity index (χ3n) is 13.0. The summed E-state index contributed by atoms with van der Waals surface area (Å²) in [4.78, 5) is 2.36. The van der Waals surface area contributed by atoms with Crippen LogP contribution in [0, 0.1) is 0 Å². The van der Waals surface area contributed by atoms with Crippen molar-refractivity contribution in [1.82, 2.24) is 0 Å². The van der Waals surface area contributed by atoms with Gasteiger partial charge in [0.25, 0.3) is 0 Å². The number of anilines is 3. The normalized spacial score (nSPS) is 13.9. The topological polar surface area (TPSA) is 3.24 Å². The van der Waals surface area contributed by atoms with Crippen molar-refractivity contribution in [3.63, 3.8) is 0 Å². The fraction of sp³-hybridized carbons (Fsp3) is 0.0690. The highest BCUT2D eigenvalue weighted by Crippen LogP contribution is 2.64. The second-order valence-corrected chi connectivity index (χ2v) is 16.5. The van der Waals surface area contributed by atoms with Crippen LogP contribution in [0.5, 0.6) is 0 Å². The molecule has 0 fully saturated rings. The molecule has 1 heteroatoms. The van der Waals surface area contributed by atoms with Gasteiger partial charge in [-0.1, -0.05) is 196 Å². The molecular weight excluding hydrogens is 711 g/mol. The third kappa shape index (κ3) is 5.46. The molecule has 9 aromatic rings. The molecule has 0 amide bonds. The zero-order chi connectivity index (χ0) is 39.6. The Hall–Kier alpha value is -7.22. The Bertz CT molecular complexity index is 2820. The van der Waals surface area contributed by atoms with Gasteiger partial charge in [0.05, 0.1) is 5.41 Å². The summed E-state index contributed by atoms with van der Waals surface area (Å²) >= 11 is 0. The van der Waals surface area contributed by atoms with Crippen molar-refractivity contribution in [1.29, 1.82) is 0 Å². The Labute approximate surface area is 347 Å². The molecule has 0 N–H and O–H groups in total. The summed E-state index contributed by atoms with van der Waals surface area (Å²) in [5.74, 6) is 0. The summed E-state index contributed by atoms with van der Waals surface area (Å²) in [6.07, 6.45) is 0. The van der Waals surface area contributed by atoms with Crippen LogP contribution in [0.15, 0.2) is 224 Å². The number of benzene rings is 9. The Balaban J connectivity index is 1.01. The molecule has 0 atom stereocenters. The first-order valence-electron chi connectivity index (χ1n) is 20.7. The minimum absolute atomic E-state index is 0.0368. The van der Waals surface area contributed by atoms with E-state index in [9.17, 15) is 0 Å². The van der Waals surface area contributed by atoms with Crippen molar-refractivity contribution < 1.29 is 0 Å². The van der Waals surface area contributed by atoms with Gasteiger partial charge >= 0.3 is 0 Å². The predicted octanol–water partition coefficient (Wildman–Crippen LogP) is 15.2. The molecule has 2 aliphatic rings. The highest BCUT2D eigenvalue weighted by Gasteiger charge is 2.52. The third-order valence-corrected chi connectivity index (χ3v) is 13.0. The van der Waals surface area contributed by atoms with Crippen molar-refractivity contribution in [3.8, 4) is 44.5 Å². The number of hydrogen-bond donors (Lipinski definition) is 0. The lowest BCUT2D eigenvalue weighted by atomic mass is 9.65. The molecule has 0 saturated heterocycles. The molecule has 0 unspecified atom stereocenters. The summed E-state index contributed by atoms with van der Waals surface area (Å²) in [5, 5.41) is 0. The van der Waals surface area contributed by atoms with Gasteiger partial charge in [0.2, 0.25) is 0 Å². The fourth-order valence-electron chi connectivity index (χ4n) is 10.1. The fourth-order valence-corrected chi connectivity index (χ4v) is 10.1. The maximum Gasteiger partial charge on any atom is 0.0713 e. The minimum Gasteiger partial charge on any atom is -0.311 e. The second-order valence-electron chi connectivity index (χ2n) is 16.5. The van der Waals surface area contributed by atoms with E-state index in [4.69, 9.17) is 0 Å². The molecule has 0 spiro atoms. The molecule has 59 heavy (non-hydrogen) atoms. The number of hydrogen-bond acceptors (Lipinski definition) is 1. The second kappa shape index (κ2) is 13.7. The summed E-state index contributed by atoms with van der Waals surface area (Å²) in [5.41, 5.74) is 21.1. The molecule has 0 heterocycles. The minimum atomic E-state index is -0.432. The van der Waals surface area contributed by atoms with E-state index in [0.29, 0.717) is 0 Å². The molecule has 0 aromatic heterocycles. The van der Waals surface area contributed by atoms with Crippen molar-refractivity contribution in [2.75, 3.05) is 4.90 Å². The first kappa shape index (κ1) is 35.0. The van der Waals surface area contributed by atoms with Crippen molar-refractivity contribution >= 4 is 17.1 Å². The van der Waals surface area contributed by atoms with E-state index >= 15 is 0 Å². The summed E-state index contributed by atoms with van der Waals surface area (Å²) in [6.45, 7) is 4.76. The highest BCUT2D eigenvalue weighted by molar-refractivity contribution is 5.95. The van der Waals surface area contributed by atoms with E-state index in [-0.39, 0.29) is 5.41 Å². The molecular formula is C58H43N. The van der Waals surface area contributed by atoms with Gasteiger partial charge in [-0.05, 0) is 120 Å². The van der Waals surface area contributed by atoms with Crippen molar-refractivity contribution in [3.05, 3.63) is 258 Å². The van der Waals surface area contributed by atoms with Gasteiger partial charge in [-0.2, -0.15) is 0 Å². The molecule has 280 valence electrons. The average molecular weight is 754 g/mol. The van der Waals surface area contributed by atoms with E-state index in [1.54, 1.807) is 0 Å². The van der Waals surface area contributed by atoms with Crippen LogP contribution in [-0.2, 0) is 10.8 Å². The van der Waals surface area contributed by atoms with Crippen LogP contribution in [0.25, 0.3) is 44.5 Å². The largest absolute Gasteiger partial charge is 0.311 e.